The number of methoxy groups -OCH3 is 1. The van der Waals surface area contributed by atoms with Crippen molar-refractivity contribution in [3.8, 4) is 5.75 Å². The fourth-order valence-electron chi connectivity index (χ4n) is 1.94. The molecule has 0 heterocycles. The maximum absolute atomic E-state index is 11.6. The van der Waals surface area contributed by atoms with E-state index in [-0.39, 0.29) is 12.1 Å². The molecule has 0 radical (unpaired) electrons. The highest BCUT2D eigenvalue weighted by Crippen LogP contribution is 2.26. The number of carbonyl (C=O) groups excluding carboxylic acids is 1. The molecule has 0 amide bonds. The summed E-state index contributed by atoms with van der Waals surface area (Å²) >= 11 is 0. The highest BCUT2D eigenvalue weighted by Gasteiger charge is 2.14. The van der Waals surface area contributed by atoms with Crippen LogP contribution in [0.3, 0.4) is 0 Å². The molecule has 18 heavy (non-hydrogen) atoms. The normalized spacial score (nSPS) is 12.1. The summed E-state index contributed by atoms with van der Waals surface area (Å²) in [6, 6.07) is 3.61. The molecule has 0 fully saturated rings. The SMILES string of the molecule is CCC[C@@H](C)Oc1ccc(C(=O)OC)c(C)c1C. The molecule has 1 aromatic rings. The lowest BCUT2D eigenvalue weighted by Crippen LogP contribution is -2.13. The van der Waals surface area contributed by atoms with Crippen molar-refractivity contribution in [2.75, 3.05) is 7.11 Å². The van der Waals surface area contributed by atoms with Gasteiger partial charge in [0.1, 0.15) is 5.75 Å². The van der Waals surface area contributed by atoms with Crippen molar-refractivity contribution in [3.05, 3.63) is 28.8 Å². The van der Waals surface area contributed by atoms with E-state index in [1.165, 1.54) is 7.11 Å². The molecule has 0 saturated heterocycles. The van der Waals surface area contributed by atoms with Crippen molar-refractivity contribution in [2.24, 2.45) is 0 Å². The van der Waals surface area contributed by atoms with Crippen LogP contribution in [0.2, 0.25) is 0 Å². The van der Waals surface area contributed by atoms with E-state index in [2.05, 4.69) is 13.8 Å². The molecule has 0 aliphatic rings. The lowest BCUT2D eigenvalue weighted by atomic mass is 10.0. The second kappa shape index (κ2) is 6.43. The zero-order valence-corrected chi connectivity index (χ0v) is 11.9. The van der Waals surface area contributed by atoms with Crippen molar-refractivity contribution >= 4 is 5.97 Å². The lowest BCUT2D eigenvalue weighted by molar-refractivity contribution is 0.0599. The lowest BCUT2D eigenvalue weighted by Gasteiger charge is -2.18. The third-order valence-electron chi connectivity index (χ3n) is 3.17. The second-order valence-corrected chi connectivity index (χ2v) is 4.57. The van der Waals surface area contributed by atoms with Crippen molar-refractivity contribution in [1.29, 1.82) is 0 Å². The molecule has 0 bridgehead atoms. The summed E-state index contributed by atoms with van der Waals surface area (Å²) in [7, 11) is 1.39. The number of benzene rings is 1. The van der Waals surface area contributed by atoms with Gasteiger partial charge in [0, 0.05) is 0 Å². The minimum absolute atomic E-state index is 0.192. The first-order chi connectivity index (χ1) is 8.51. The van der Waals surface area contributed by atoms with Gasteiger partial charge in [-0.05, 0) is 50.5 Å². The minimum atomic E-state index is -0.302. The fraction of sp³-hybridized carbons (Fsp3) is 0.533. The minimum Gasteiger partial charge on any atom is -0.490 e. The van der Waals surface area contributed by atoms with Crippen LogP contribution in [0.5, 0.6) is 5.75 Å². The molecule has 1 rings (SSSR count). The number of carbonyl (C=O) groups is 1. The van der Waals surface area contributed by atoms with Crippen molar-refractivity contribution in [3.63, 3.8) is 0 Å². The molecule has 0 aromatic heterocycles. The van der Waals surface area contributed by atoms with Crippen LogP contribution in [0.15, 0.2) is 12.1 Å². The molecule has 1 aromatic carbocycles. The molecular formula is C15H22O3. The standard InChI is InChI=1S/C15H22O3/c1-6-7-10(2)18-14-9-8-13(15(16)17-5)11(3)12(14)4/h8-10H,6-7H2,1-5H3/t10-/m1/s1. The second-order valence-electron chi connectivity index (χ2n) is 4.57. The van der Waals surface area contributed by atoms with Crippen molar-refractivity contribution in [1.82, 2.24) is 0 Å². The molecule has 100 valence electrons. The summed E-state index contributed by atoms with van der Waals surface area (Å²) in [6.07, 6.45) is 2.31. The van der Waals surface area contributed by atoms with Crippen LogP contribution in [0.1, 0.15) is 48.2 Å². The molecule has 0 unspecified atom stereocenters. The summed E-state index contributed by atoms with van der Waals surface area (Å²) in [4.78, 5) is 11.6. The van der Waals surface area contributed by atoms with E-state index in [0.29, 0.717) is 5.56 Å². The predicted octanol–water partition coefficient (Wildman–Crippen LogP) is 3.66. The third-order valence-corrected chi connectivity index (χ3v) is 3.17. The summed E-state index contributed by atoms with van der Waals surface area (Å²) < 4.78 is 10.6. The van der Waals surface area contributed by atoms with Crippen LogP contribution in [0.25, 0.3) is 0 Å². The number of esters is 1. The Balaban J connectivity index is 2.97. The first-order valence-corrected chi connectivity index (χ1v) is 6.36. The molecule has 3 heteroatoms. The van der Waals surface area contributed by atoms with Gasteiger partial charge in [0.25, 0.3) is 0 Å². The first kappa shape index (κ1) is 14.6. The molecule has 0 aliphatic carbocycles. The third kappa shape index (κ3) is 3.25. The number of hydrogen-bond donors (Lipinski definition) is 0. The Morgan fingerprint density at radius 2 is 1.94 bits per heavy atom. The monoisotopic (exact) mass is 250 g/mol. The van der Waals surface area contributed by atoms with Crippen LogP contribution >= 0.6 is 0 Å². The van der Waals surface area contributed by atoms with E-state index in [1.807, 2.05) is 19.9 Å². The van der Waals surface area contributed by atoms with Gasteiger partial charge < -0.3 is 9.47 Å². The first-order valence-electron chi connectivity index (χ1n) is 6.36. The zero-order valence-electron chi connectivity index (χ0n) is 11.9. The highest BCUT2D eigenvalue weighted by atomic mass is 16.5. The molecule has 0 saturated carbocycles. The Hall–Kier alpha value is -1.51. The molecule has 1 atom stereocenters. The fourth-order valence-corrected chi connectivity index (χ4v) is 1.94. The van der Waals surface area contributed by atoms with E-state index in [9.17, 15) is 4.79 Å². The summed E-state index contributed by atoms with van der Waals surface area (Å²) in [6.45, 7) is 8.08. The van der Waals surface area contributed by atoms with Gasteiger partial charge in [-0.1, -0.05) is 13.3 Å². The van der Waals surface area contributed by atoms with Gasteiger partial charge in [-0.2, -0.15) is 0 Å². The maximum Gasteiger partial charge on any atom is 0.338 e. The average molecular weight is 250 g/mol. The van der Waals surface area contributed by atoms with Gasteiger partial charge in [0.2, 0.25) is 0 Å². The Kier molecular flexibility index (Phi) is 5.20. The van der Waals surface area contributed by atoms with Gasteiger partial charge in [-0.25, -0.2) is 4.79 Å². The molecular weight excluding hydrogens is 228 g/mol. The molecule has 0 aliphatic heterocycles. The number of ether oxygens (including phenoxy) is 2. The van der Waals surface area contributed by atoms with Gasteiger partial charge in [0.15, 0.2) is 0 Å². The van der Waals surface area contributed by atoms with Crippen LogP contribution < -0.4 is 4.74 Å². The van der Waals surface area contributed by atoms with Crippen LogP contribution in [-0.4, -0.2) is 19.2 Å². The summed E-state index contributed by atoms with van der Waals surface area (Å²) in [5.74, 6) is 0.546. The smallest absolute Gasteiger partial charge is 0.338 e. The van der Waals surface area contributed by atoms with E-state index in [0.717, 1.165) is 29.7 Å². The van der Waals surface area contributed by atoms with Crippen LogP contribution in [-0.2, 0) is 4.74 Å². The molecule has 3 nitrogen and oxygen atoms in total. The zero-order chi connectivity index (χ0) is 13.7. The largest absolute Gasteiger partial charge is 0.490 e. The van der Waals surface area contributed by atoms with E-state index < -0.39 is 0 Å². The molecule has 0 spiro atoms. The highest BCUT2D eigenvalue weighted by molar-refractivity contribution is 5.91. The molecule has 0 N–H and O–H groups in total. The predicted molar refractivity (Wildman–Crippen MR) is 72.3 cm³/mol. The quantitative estimate of drug-likeness (QED) is 0.748. The van der Waals surface area contributed by atoms with Gasteiger partial charge in [-0.3, -0.25) is 0 Å². The van der Waals surface area contributed by atoms with E-state index in [1.54, 1.807) is 6.07 Å². The van der Waals surface area contributed by atoms with Gasteiger partial charge >= 0.3 is 5.97 Å². The van der Waals surface area contributed by atoms with E-state index >= 15 is 0 Å². The van der Waals surface area contributed by atoms with Crippen LogP contribution in [0, 0.1) is 13.8 Å². The average Bonchev–Trinajstić information content (AvgIpc) is 2.34. The Bertz CT molecular complexity index is 424. The van der Waals surface area contributed by atoms with Gasteiger partial charge in [0.05, 0.1) is 18.8 Å². The topological polar surface area (TPSA) is 35.5 Å². The maximum atomic E-state index is 11.6. The number of hydrogen-bond acceptors (Lipinski definition) is 3. The van der Waals surface area contributed by atoms with Crippen molar-refractivity contribution in [2.45, 2.75) is 46.6 Å². The van der Waals surface area contributed by atoms with Crippen molar-refractivity contribution < 1.29 is 14.3 Å². The van der Waals surface area contributed by atoms with Crippen LogP contribution in [0.4, 0.5) is 0 Å². The Morgan fingerprint density at radius 1 is 1.28 bits per heavy atom. The van der Waals surface area contributed by atoms with E-state index in [4.69, 9.17) is 9.47 Å². The van der Waals surface area contributed by atoms with Gasteiger partial charge in [-0.15, -0.1) is 0 Å². The Labute approximate surface area is 109 Å². The summed E-state index contributed by atoms with van der Waals surface area (Å²) in [5, 5.41) is 0. The summed E-state index contributed by atoms with van der Waals surface area (Å²) in [5.41, 5.74) is 2.52. The number of rotatable bonds is 5. The Morgan fingerprint density at radius 3 is 2.50 bits per heavy atom.